The van der Waals surface area contributed by atoms with Crippen LogP contribution in [-0.2, 0) is 9.59 Å². The topological polar surface area (TPSA) is 78.7 Å². The number of amides is 2. The lowest BCUT2D eigenvalue weighted by atomic mass is 9.96. The van der Waals surface area contributed by atoms with Crippen molar-refractivity contribution in [2.45, 2.75) is 18.9 Å². The summed E-state index contributed by atoms with van der Waals surface area (Å²) in [5.41, 5.74) is 0. The summed E-state index contributed by atoms with van der Waals surface area (Å²) in [7, 11) is 0. The summed E-state index contributed by atoms with van der Waals surface area (Å²) in [6.45, 7) is 2.00. The number of carbonyl (C=O) groups is 2. The van der Waals surface area contributed by atoms with Crippen LogP contribution >= 0.6 is 0 Å². The van der Waals surface area contributed by atoms with Crippen molar-refractivity contribution < 1.29 is 14.7 Å². The van der Waals surface area contributed by atoms with Gasteiger partial charge in [0.15, 0.2) is 0 Å². The zero-order chi connectivity index (χ0) is 16.2. The number of carbonyl (C=O) groups excluding carboxylic acids is 2. The second-order valence-electron chi connectivity index (χ2n) is 5.91. The summed E-state index contributed by atoms with van der Waals surface area (Å²) >= 11 is 0. The summed E-state index contributed by atoms with van der Waals surface area (Å²) in [6.07, 6.45) is 5.55. The zero-order valence-electron chi connectivity index (χ0n) is 12.9. The summed E-state index contributed by atoms with van der Waals surface area (Å²) in [5.74, 6) is 4.37. The number of aliphatic hydroxyl groups excluding tert-OH is 1. The molecule has 0 spiro atoms. The highest BCUT2D eigenvalue weighted by Crippen LogP contribution is 2.25. The number of piperidine rings is 1. The van der Waals surface area contributed by atoms with Gasteiger partial charge < -0.3 is 14.9 Å². The first-order valence-corrected chi connectivity index (χ1v) is 7.85. The fraction of sp³-hybridized carbons (Fsp3) is 0.562. The molecule has 0 bridgehead atoms. The van der Waals surface area contributed by atoms with Crippen molar-refractivity contribution in [2.24, 2.45) is 5.92 Å². The number of hydrogen-bond donors (Lipinski definition) is 1. The molecule has 1 aromatic rings. The Kier molecular flexibility index (Phi) is 4.63. The van der Waals surface area contributed by atoms with E-state index in [2.05, 4.69) is 16.9 Å². The van der Waals surface area contributed by atoms with Gasteiger partial charge in [0.05, 0.1) is 12.0 Å². The van der Waals surface area contributed by atoms with Crippen molar-refractivity contribution in [2.75, 3.05) is 32.8 Å². The Bertz CT molecular complexity index is 617. The van der Waals surface area contributed by atoms with Crippen LogP contribution in [0.5, 0.6) is 0 Å². The molecule has 2 aliphatic heterocycles. The molecule has 23 heavy (non-hydrogen) atoms. The first kappa shape index (κ1) is 15.6. The van der Waals surface area contributed by atoms with Crippen molar-refractivity contribution in [3.63, 3.8) is 0 Å². The van der Waals surface area contributed by atoms with Crippen LogP contribution in [0.4, 0.5) is 0 Å². The van der Waals surface area contributed by atoms with Gasteiger partial charge >= 0.3 is 0 Å². The van der Waals surface area contributed by atoms with Crippen molar-refractivity contribution >= 4 is 11.8 Å². The van der Waals surface area contributed by atoms with Crippen LogP contribution in [0, 0.1) is 17.8 Å². The molecule has 7 heteroatoms. The van der Waals surface area contributed by atoms with Crippen molar-refractivity contribution in [1.29, 1.82) is 0 Å². The number of nitrogens with zero attached hydrogens (tertiary/aromatic N) is 4. The minimum absolute atomic E-state index is 0.115. The monoisotopic (exact) mass is 316 g/mol. The van der Waals surface area contributed by atoms with Crippen molar-refractivity contribution in [3.05, 3.63) is 18.5 Å². The molecular weight excluding hydrogens is 296 g/mol. The number of aromatic nitrogens is 2. The molecule has 1 aromatic heterocycles. The minimum Gasteiger partial charge on any atom is -0.384 e. The molecule has 0 atom stereocenters. The van der Waals surface area contributed by atoms with Crippen molar-refractivity contribution in [3.8, 4) is 11.8 Å². The van der Waals surface area contributed by atoms with E-state index in [0.29, 0.717) is 19.1 Å². The molecule has 1 N–H and O–H groups in total. The third-order valence-corrected chi connectivity index (χ3v) is 4.47. The Labute approximate surface area is 134 Å². The van der Waals surface area contributed by atoms with Crippen LogP contribution in [-0.4, -0.2) is 69.3 Å². The molecule has 3 heterocycles. The van der Waals surface area contributed by atoms with Crippen LogP contribution in [0.1, 0.15) is 18.9 Å². The van der Waals surface area contributed by atoms with Gasteiger partial charge in [0.2, 0.25) is 5.91 Å². The lowest BCUT2D eigenvalue weighted by molar-refractivity contribution is -0.146. The van der Waals surface area contributed by atoms with E-state index < -0.39 is 0 Å². The average molecular weight is 316 g/mol. The second-order valence-corrected chi connectivity index (χ2v) is 5.91. The van der Waals surface area contributed by atoms with Gasteiger partial charge in [0.1, 0.15) is 6.61 Å². The Balaban J connectivity index is 1.45. The largest absolute Gasteiger partial charge is 0.384 e. The first-order valence-electron chi connectivity index (χ1n) is 7.85. The van der Waals surface area contributed by atoms with E-state index in [0.717, 1.165) is 25.9 Å². The summed E-state index contributed by atoms with van der Waals surface area (Å²) in [4.78, 5) is 27.5. The van der Waals surface area contributed by atoms with Crippen LogP contribution in [0.2, 0.25) is 0 Å². The lowest BCUT2D eigenvalue weighted by Crippen LogP contribution is -2.57. The van der Waals surface area contributed by atoms with E-state index in [9.17, 15) is 9.59 Å². The molecule has 0 radical (unpaired) electrons. The van der Waals surface area contributed by atoms with Gasteiger partial charge in [0.25, 0.3) is 5.91 Å². The Morgan fingerprint density at radius 2 is 1.96 bits per heavy atom. The minimum atomic E-state index is -0.326. The summed E-state index contributed by atoms with van der Waals surface area (Å²) in [5, 5.41) is 12.8. The molecule has 122 valence electrons. The van der Waals surface area contributed by atoms with E-state index >= 15 is 0 Å². The molecule has 2 aliphatic rings. The van der Waals surface area contributed by atoms with Gasteiger partial charge in [-0.25, -0.2) is 0 Å². The lowest BCUT2D eigenvalue weighted by Gasteiger charge is -2.41. The highest BCUT2D eigenvalue weighted by atomic mass is 16.2. The molecule has 2 saturated heterocycles. The molecule has 7 nitrogen and oxygen atoms in total. The Morgan fingerprint density at radius 1 is 1.22 bits per heavy atom. The summed E-state index contributed by atoms with van der Waals surface area (Å²) < 4.78 is 1.96. The van der Waals surface area contributed by atoms with Crippen LogP contribution in [0.3, 0.4) is 0 Å². The van der Waals surface area contributed by atoms with Crippen molar-refractivity contribution in [1.82, 2.24) is 19.6 Å². The maximum Gasteiger partial charge on any atom is 0.298 e. The van der Waals surface area contributed by atoms with Crippen LogP contribution < -0.4 is 0 Å². The SMILES string of the molecule is O=C(C#CCO)N1CC(C(=O)N2CCC(n3cccn3)CC2)C1. The first-order chi connectivity index (χ1) is 11.2. The van der Waals surface area contributed by atoms with E-state index in [-0.39, 0.29) is 24.3 Å². The second kappa shape index (κ2) is 6.84. The third kappa shape index (κ3) is 3.37. The van der Waals surface area contributed by atoms with Crippen LogP contribution in [0.25, 0.3) is 0 Å². The fourth-order valence-electron chi connectivity index (χ4n) is 3.10. The fourth-order valence-corrected chi connectivity index (χ4v) is 3.10. The van der Waals surface area contributed by atoms with Gasteiger partial charge in [-0.2, -0.15) is 5.10 Å². The maximum absolute atomic E-state index is 12.4. The summed E-state index contributed by atoms with van der Waals surface area (Å²) in [6, 6.07) is 2.28. The zero-order valence-corrected chi connectivity index (χ0v) is 12.9. The number of rotatable bonds is 2. The highest BCUT2D eigenvalue weighted by Gasteiger charge is 2.38. The Morgan fingerprint density at radius 3 is 2.57 bits per heavy atom. The maximum atomic E-state index is 12.4. The smallest absolute Gasteiger partial charge is 0.298 e. The van der Waals surface area contributed by atoms with Gasteiger partial charge in [-0.1, -0.05) is 5.92 Å². The van der Waals surface area contributed by atoms with Gasteiger partial charge in [0, 0.05) is 38.6 Å². The average Bonchev–Trinajstić information content (AvgIpc) is 3.06. The quantitative estimate of drug-likeness (QED) is 0.746. The van der Waals surface area contributed by atoms with E-state index in [1.165, 1.54) is 0 Å². The van der Waals surface area contributed by atoms with Gasteiger partial charge in [-0.05, 0) is 24.8 Å². The van der Waals surface area contributed by atoms with E-state index in [1.807, 2.05) is 21.8 Å². The van der Waals surface area contributed by atoms with E-state index in [4.69, 9.17) is 5.11 Å². The number of hydrogen-bond acceptors (Lipinski definition) is 4. The molecule has 0 unspecified atom stereocenters. The van der Waals surface area contributed by atoms with E-state index in [1.54, 1.807) is 11.1 Å². The predicted octanol–water partition coefficient (Wildman–Crippen LogP) is -0.499. The highest BCUT2D eigenvalue weighted by molar-refractivity contribution is 5.95. The molecule has 2 amide bonds. The standard InChI is InChI=1S/C16H20N4O3/c21-10-1-3-15(22)19-11-13(12-19)16(23)18-8-4-14(5-9-18)20-7-2-6-17-20/h2,6-7,13-14,21H,4-5,8-12H2. The van der Waals surface area contributed by atoms with Gasteiger partial charge in [-0.3, -0.25) is 14.3 Å². The normalized spacial score (nSPS) is 19.0. The third-order valence-electron chi connectivity index (χ3n) is 4.47. The molecule has 0 saturated carbocycles. The molecule has 0 aromatic carbocycles. The van der Waals surface area contributed by atoms with Crippen LogP contribution in [0.15, 0.2) is 18.5 Å². The predicted molar refractivity (Wildman–Crippen MR) is 82.0 cm³/mol. The van der Waals surface area contributed by atoms with Gasteiger partial charge in [-0.15, -0.1) is 0 Å². The molecule has 0 aliphatic carbocycles. The number of likely N-dealkylation sites (tertiary alicyclic amines) is 2. The molecule has 2 fully saturated rings. The molecule has 3 rings (SSSR count). The Hall–Kier alpha value is -2.33. The molecular formula is C16H20N4O3. The number of aliphatic hydroxyl groups is 1.